The second kappa shape index (κ2) is 16.0. The van der Waals surface area contributed by atoms with E-state index < -0.39 is 24.4 Å². The number of aromatic nitrogens is 2. The summed E-state index contributed by atoms with van der Waals surface area (Å²) in [7, 11) is 0. The zero-order chi connectivity index (χ0) is 40.0. The van der Waals surface area contributed by atoms with E-state index in [0.29, 0.717) is 37.1 Å². The molecule has 13 heteroatoms. The number of amides is 2. The van der Waals surface area contributed by atoms with Gasteiger partial charge in [-0.15, -0.1) is 0 Å². The third kappa shape index (κ3) is 7.69. The second-order valence-electron chi connectivity index (χ2n) is 17.0. The molecule has 2 amide bonds. The van der Waals surface area contributed by atoms with Crippen molar-refractivity contribution in [2.45, 2.75) is 102 Å². The maximum absolute atomic E-state index is 13.7. The van der Waals surface area contributed by atoms with E-state index in [-0.39, 0.29) is 29.4 Å². The van der Waals surface area contributed by atoms with Crippen LogP contribution in [0.15, 0.2) is 79.0 Å². The van der Waals surface area contributed by atoms with Crippen LogP contribution in [0.1, 0.15) is 94.5 Å². The molecule has 3 saturated heterocycles. The summed E-state index contributed by atoms with van der Waals surface area (Å²) in [5.74, 6) is 1.81. The predicted molar refractivity (Wildman–Crippen MR) is 215 cm³/mol. The number of hydrogen-bond acceptors (Lipinski definition) is 12. The number of ether oxygens (including phenoxy) is 2. The number of carbonyl (C=O) groups is 2. The lowest BCUT2D eigenvalue weighted by molar-refractivity contribution is -0.0497. The smallest absolute Gasteiger partial charge is 0.262 e. The maximum Gasteiger partial charge on any atom is 0.262 e. The third-order valence-corrected chi connectivity index (χ3v) is 12.7. The maximum atomic E-state index is 13.7. The van der Waals surface area contributed by atoms with Crippen molar-refractivity contribution in [3.8, 4) is 11.5 Å². The Labute approximate surface area is 338 Å². The van der Waals surface area contributed by atoms with Crippen molar-refractivity contribution >= 4 is 17.8 Å². The van der Waals surface area contributed by atoms with Crippen LogP contribution in [-0.4, -0.2) is 104 Å². The van der Waals surface area contributed by atoms with Crippen molar-refractivity contribution in [1.82, 2.24) is 25.1 Å². The molecule has 5 aliphatic rings. The average molecular weight is 789 g/mol. The van der Waals surface area contributed by atoms with Crippen LogP contribution in [0.4, 0.5) is 5.95 Å². The van der Waals surface area contributed by atoms with Crippen molar-refractivity contribution < 1.29 is 34.4 Å². The molecule has 4 N–H and O–H groups in total. The minimum absolute atomic E-state index is 0.0379. The Morgan fingerprint density at radius 3 is 2.38 bits per heavy atom. The van der Waals surface area contributed by atoms with E-state index in [9.17, 15) is 24.9 Å². The van der Waals surface area contributed by atoms with Crippen molar-refractivity contribution in [2.75, 3.05) is 31.1 Å². The largest absolute Gasteiger partial charge is 0.490 e. The van der Waals surface area contributed by atoms with Crippen molar-refractivity contribution in [1.29, 1.82) is 0 Å². The third-order valence-electron chi connectivity index (χ3n) is 12.7. The van der Waals surface area contributed by atoms with Gasteiger partial charge in [-0.25, -0.2) is 9.97 Å². The normalized spacial score (nSPS) is 24.0. The number of anilines is 1. The first-order valence-electron chi connectivity index (χ1n) is 20.7. The summed E-state index contributed by atoms with van der Waals surface area (Å²) in [5, 5.41) is 32.9. The van der Waals surface area contributed by atoms with Gasteiger partial charge in [-0.1, -0.05) is 55.5 Å². The van der Waals surface area contributed by atoms with Gasteiger partial charge in [0.25, 0.3) is 11.8 Å². The molecule has 304 valence electrons. The number of aliphatic hydroxyl groups is 3. The quantitative estimate of drug-likeness (QED) is 0.150. The van der Waals surface area contributed by atoms with E-state index in [1.165, 1.54) is 4.90 Å². The van der Waals surface area contributed by atoms with Crippen LogP contribution in [0.2, 0.25) is 0 Å². The molecule has 13 nitrogen and oxygen atoms in total. The van der Waals surface area contributed by atoms with Crippen molar-refractivity contribution in [3.05, 3.63) is 113 Å². The molecule has 3 aromatic carbocycles. The summed E-state index contributed by atoms with van der Waals surface area (Å²) in [6, 6.07) is 23.0. The first-order valence-corrected chi connectivity index (χ1v) is 20.7. The van der Waals surface area contributed by atoms with Gasteiger partial charge in [-0.3, -0.25) is 24.7 Å². The van der Waals surface area contributed by atoms with Gasteiger partial charge in [0.2, 0.25) is 5.95 Å². The number of likely N-dealkylation sites (tertiary alicyclic amines) is 1. The summed E-state index contributed by atoms with van der Waals surface area (Å²) in [4.78, 5) is 42.0. The lowest BCUT2D eigenvalue weighted by Gasteiger charge is -2.57. The Morgan fingerprint density at radius 1 is 0.862 bits per heavy atom. The first-order chi connectivity index (χ1) is 28.1. The molecule has 0 radical (unpaired) electrons. The Balaban J connectivity index is 0.794. The van der Waals surface area contributed by atoms with Gasteiger partial charge in [0.15, 0.2) is 0 Å². The molecule has 4 aliphatic heterocycles. The summed E-state index contributed by atoms with van der Waals surface area (Å²) in [6.45, 7) is 6.44. The first kappa shape index (κ1) is 38.6. The molecule has 9 rings (SSSR count). The second-order valence-corrected chi connectivity index (χ2v) is 17.0. The molecule has 5 heterocycles. The molecular formula is C45H52N6O7. The van der Waals surface area contributed by atoms with Gasteiger partial charge < -0.3 is 29.7 Å². The van der Waals surface area contributed by atoms with E-state index in [1.54, 1.807) is 12.3 Å². The van der Waals surface area contributed by atoms with Crippen LogP contribution in [-0.2, 0) is 19.6 Å². The van der Waals surface area contributed by atoms with Gasteiger partial charge in [0.05, 0.1) is 29.0 Å². The van der Waals surface area contributed by atoms with Gasteiger partial charge >= 0.3 is 0 Å². The van der Waals surface area contributed by atoms with Crippen LogP contribution in [0, 0.1) is 5.41 Å². The number of para-hydroxylation sites is 2. The molecule has 1 saturated carbocycles. The van der Waals surface area contributed by atoms with E-state index in [0.717, 1.165) is 98.1 Å². The van der Waals surface area contributed by atoms with E-state index in [1.807, 2.05) is 42.5 Å². The zero-order valence-corrected chi connectivity index (χ0v) is 32.9. The molecule has 4 atom stereocenters. The number of benzene rings is 3. The number of aliphatic hydroxyl groups excluding tert-OH is 3. The van der Waals surface area contributed by atoms with E-state index >= 15 is 0 Å². The van der Waals surface area contributed by atoms with Gasteiger partial charge in [-0.2, -0.15) is 0 Å². The average Bonchev–Trinajstić information content (AvgIpc) is 3.45. The number of fused-ring (bicyclic) bond motifs is 1. The van der Waals surface area contributed by atoms with Crippen LogP contribution < -0.4 is 19.7 Å². The molecule has 58 heavy (non-hydrogen) atoms. The molecule has 4 fully saturated rings. The minimum atomic E-state index is -1.19. The highest BCUT2D eigenvalue weighted by atomic mass is 16.5. The van der Waals surface area contributed by atoms with Gasteiger partial charge in [0, 0.05) is 44.3 Å². The molecule has 0 bridgehead atoms. The van der Waals surface area contributed by atoms with Crippen LogP contribution in [0.3, 0.4) is 0 Å². The standard InChI is InChI=1S/C45H52N6O7/c1-28(21-29-7-2-4-11-37(29)57-25-31-15-18-46-44(47-31)50-26-45(27-50)22-32(52)23-45)34-9-3-5-12-38(34)58-33-16-19-49(20-17-33)24-30-8-6-10-35-40(30)43(56)51(42(35)55)36-13-14-39(53)48-41(36)54/h2-12,15,18,28,32-33,36,39,41,48,52-54H,13-14,16-17,19-27H2,1H3. The molecule has 1 spiro atoms. The lowest BCUT2D eigenvalue weighted by Crippen LogP contribution is -2.64. The minimum Gasteiger partial charge on any atom is -0.490 e. The zero-order valence-electron chi connectivity index (χ0n) is 32.9. The van der Waals surface area contributed by atoms with Crippen molar-refractivity contribution in [2.24, 2.45) is 5.41 Å². The summed E-state index contributed by atoms with van der Waals surface area (Å²) >= 11 is 0. The molecule has 4 unspecified atom stereocenters. The van der Waals surface area contributed by atoms with Crippen LogP contribution in [0.5, 0.6) is 11.5 Å². The molecule has 1 aromatic heterocycles. The fourth-order valence-corrected chi connectivity index (χ4v) is 9.68. The Hall–Kier alpha value is -4.92. The lowest BCUT2D eigenvalue weighted by atomic mass is 9.62. The van der Waals surface area contributed by atoms with Crippen LogP contribution >= 0.6 is 0 Å². The number of hydrogen-bond donors (Lipinski definition) is 4. The number of nitrogens with one attached hydrogen (secondary N) is 1. The van der Waals surface area contributed by atoms with Gasteiger partial charge in [-0.05, 0) is 91.8 Å². The summed E-state index contributed by atoms with van der Waals surface area (Å²) in [5.41, 5.74) is 4.90. The van der Waals surface area contributed by atoms with E-state index in [2.05, 4.69) is 51.3 Å². The fourth-order valence-electron chi connectivity index (χ4n) is 9.68. The summed E-state index contributed by atoms with van der Waals surface area (Å²) < 4.78 is 13.1. The number of piperidine rings is 2. The Bertz CT molecular complexity index is 2150. The topological polar surface area (TPSA) is 161 Å². The van der Waals surface area contributed by atoms with Gasteiger partial charge in [0.1, 0.15) is 36.7 Å². The highest BCUT2D eigenvalue weighted by Crippen LogP contribution is 2.49. The highest BCUT2D eigenvalue weighted by molar-refractivity contribution is 6.22. The van der Waals surface area contributed by atoms with Crippen molar-refractivity contribution in [3.63, 3.8) is 0 Å². The molecule has 1 aliphatic carbocycles. The molecular weight excluding hydrogens is 737 g/mol. The van der Waals surface area contributed by atoms with Crippen LogP contribution in [0.25, 0.3) is 0 Å². The summed E-state index contributed by atoms with van der Waals surface area (Å²) in [6.07, 6.45) is 4.43. The monoisotopic (exact) mass is 788 g/mol. The number of carbonyl (C=O) groups excluding carboxylic acids is 2. The Morgan fingerprint density at radius 2 is 1.60 bits per heavy atom. The number of nitrogens with zero attached hydrogens (tertiary/aromatic N) is 5. The molecule has 4 aromatic rings. The highest BCUT2D eigenvalue weighted by Gasteiger charge is 2.52. The SMILES string of the molecule is CC(Cc1ccccc1OCc1ccnc(N2CC3(CC(O)C3)C2)n1)c1ccccc1OC1CCN(Cc2cccc3c2C(=O)N(C2CCC(O)NC2O)C3=O)CC1. The fraction of sp³-hybridized carbons (Fsp3) is 0.467. The van der Waals surface area contributed by atoms with E-state index in [4.69, 9.17) is 14.5 Å². The number of rotatable bonds is 12. The Kier molecular flexibility index (Phi) is 10.7. The predicted octanol–water partition coefficient (Wildman–Crippen LogP) is 4.39. The number of imide groups is 1.